The third-order valence-corrected chi connectivity index (χ3v) is 3.65. The zero-order valence-electron chi connectivity index (χ0n) is 11.1. The van der Waals surface area contributed by atoms with Crippen molar-refractivity contribution < 1.29 is 22.0 Å². The van der Waals surface area contributed by atoms with Crippen LogP contribution in [0.4, 0.5) is 22.0 Å². The number of allylic oxidation sites excluding steroid dienone is 2. The van der Waals surface area contributed by atoms with Crippen LogP contribution in [0, 0.1) is 5.92 Å². The van der Waals surface area contributed by atoms with Gasteiger partial charge < -0.3 is 10.2 Å². The van der Waals surface area contributed by atoms with Crippen LogP contribution in [0.1, 0.15) is 13.3 Å². The van der Waals surface area contributed by atoms with E-state index >= 15 is 0 Å². The highest BCUT2D eigenvalue weighted by Gasteiger charge is 2.40. The maximum Gasteiger partial charge on any atom is 0.417 e. The fraction of sp³-hybridized carbons (Fsp3) is 0.692. The topological polar surface area (TPSA) is 15.3 Å². The standard InChI is InChI=1S/C13H17F5N2/c1-9-5-12(14,15)8-19-11(9)7-20-4-2-3-10(6-20)13(16,17)18/h2-3,6,9,11,19H,4-5,7-8H2,1H3/t9-,11-/m1/s1. The number of halogens is 5. The smallest absolute Gasteiger partial charge is 0.372 e. The molecule has 1 N–H and O–H groups in total. The summed E-state index contributed by atoms with van der Waals surface area (Å²) in [6.07, 6.45) is -1.08. The molecule has 2 rings (SSSR count). The lowest BCUT2D eigenvalue weighted by Crippen LogP contribution is -2.54. The number of piperidine rings is 1. The highest BCUT2D eigenvalue weighted by Crippen LogP contribution is 2.31. The first kappa shape index (κ1) is 15.3. The Balaban J connectivity index is 1.98. The maximum atomic E-state index is 13.2. The van der Waals surface area contributed by atoms with Crippen LogP contribution in [0.5, 0.6) is 0 Å². The molecule has 7 heteroatoms. The van der Waals surface area contributed by atoms with Gasteiger partial charge in [0, 0.05) is 31.8 Å². The Labute approximate surface area is 114 Å². The molecule has 2 aliphatic rings. The Hall–Kier alpha value is -1.11. The van der Waals surface area contributed by atoms with Crippen LogP contribution in [0.25, 0.3) is 0 Å². The lowest BCUT2D eigenvalue weighted by atomic mass is 9.90. The Bertz CT molecular complexity index is 413. The number of rotatable bonds is 2. The zero-order valence-corrected chi connectivity index (χ0v) is 11.1. The van der Waals surface area contributed by atoms with Crippen molar-refractivity contribution in [2.75, 3.05) is 19.6 Å². The van der Waals surface area contributed by atoms with Gasteiger partial charge in [0.05, 0.1) is 12.1 Å². The zero-order chi connectivity index (χ0) is 15.0. The van der Waals surface area contributed by atoms with Gasteiger partial charge in [0.15, 0.2) is 0 Å². The van der Waals surface area contributed by atoms with Gasteiger partial charge in [0.2, 0.25) is 0 Å². The van der Waals surface area contributed by atoms with Crippen molar-refractivity contribution >= 4 is 0 Å². The highest BCUT2D eigenvalue weighted by atomic mass is 19.4. The molecule has 2 nitrogen and oxygen atoms in total. The van der Waals surface area contributed by atoms with E-state index in [2.05, 4.69) is 5.32 Å². The first-order valence-corrected chi connectivity index (χ1v) is 6.48. The van der Waals surface area contributed by atoms with Crippen molar-refractivity contribution in [3.8, 4) is 0 Å². The molecule has 2 heterocycles. The van der Waals surface area contributed by atoms with Crippen molar-refractivity contribution in [2.45, 2.75) is 31.5 Å². The summed E-state index contributed by atoms with van der Waals surface area (Å²) < 4.78 is 64.2. The van der Waals surface area contributed by atoms with Gasteiger partial charge in [-0.1, -0.05) is 19.1 Å². The molecule has 0 amide bonds. The van der Waals surface area contributed by atoms with E-state index in [0.29, 0.717) is 13.1 Å². The molecular weight excluding hydrogens is 279 g/mol. The minimum atomic E-state index is -4.38. The van der Waals surface area contributed by atoms with E-state index in [0.717, 1.165) is 12.3 Å². The molecule has 0 spiro atoms. The fourth-order valence-electron chi connectivity index (χ4n) is 2.57. The highest BCUT2D eigenvalue weighted by molar-refractivity contribution is 5.26. The Morgan fingerprint density at radius 3 is 2.70 bits per heavy atom. The molecule has 1 fully saturated rings. The van der Waals surface area contributed by atoms with Crippen LogP contribution in [0.2, 0.25) is 0 Å². The van der Waals surface area contributed by atoms with E-state index in [1.54, 1.807) is 6.92 Å². The second-order valence-corrected chi connectivity index (χ2v) is 5.46. The quantitative estimate of drug-likeness (QED) is 0.788. The number of nitrogens with one attached hydrogen (secondary N) is 1. The van der Waals surface area contributed by atoms with E-state index in [9.17, 15) is 22.0 Å². The van der Waals surface area contributed by atoms with E-state index in [-0.39, 0.29) is 18.4 Å². The van der Waals surface area contributed by atoms with E-state index in [4.69, 9.17) is 0 Å². The molecule has 0 radical (unpaired) electrons. The molecule has 1 saturated heterocycles. The van der Waals surface area contributed by atoms with Crippen molar-refractivity contribution in [3.63, 3.8) is 0 Å². The van der Waals surface area contributed by atoms with Gasteiger partial charge in [-0.15, -0.1) is 0 Å². The van der Waals surface area contributed by atoms with Crippen LogP contribution < -0.4 is 5.32 Å². The summed E-state index contributed by atoms with van der Waals surface area (Å²) in [5, 5.41) is 2.73. The van der Waals surface area contributed by atoms with Crippen molar-refractivity contribution in [1.29, 1.82) is 0 Å². The fourth-order valence-corrected chi connectivity index (χ4v) is 2.57. The summed E-state index contributed by atoms with van der Waals surface area (Å²) in [5.74, 6) is -3.02. The minimum Gasteiger partial charge on any atom is -0.372 e. The first-order valence-electron chi connectivity index (χ1n) is 6.48. The van der Waals surface area contributed by atoms with Crippen molar-refractivity contribution in [2.24, 2.45) is 5.92 Å². The van der Waals surface area contributed by atoms with Gasteiger partial charge in [0.25, 0.3) is 5.92 Å². The minimum absolute atomic E-state index is 0.230. The molecule has 2 aliphatic heterocycles. The number of nitrogens with zero attached hydrogens (tertiary/aromatic N) is 1. The molecule has 2 atom stereocenters. The van der Waals surface area contributed by atoms with Crippen molar-refractivity contribution in [3.05, 3.63) is 23.9 Å². The summed E-state index contributed by atoms with van der Waals surface area (Å²) >= 11 is 0. The van der Waals surface area contributed by atoms with Crippen LogP contribution >= 0.6 is 0 Å². The van der Waals surface area contributed by atoms with Crippen LogP contribution in [0.15, 0.2) is 23.9 Å². The third kappa shape index (κ3) is 3.71. The number of alkyl halides is 5. The van der Waals surface area contributed by atoms with Crippen LogP contribution in [0.3, 0.4) is 0 Å². The lowest BCUT2D eigenvalue weighted by molar-refractivity contribution is -0.0897. The first-order chi connectivity index (χ1) is 9.17. The van der Waals surface area contributed by atoms with E-state index in [1.165, 1.54) is 11.0 Å². The molecule has 0 aliphatic carbocycles. The van der Waals surface area contributed by atoms with Gasteiger partial charge in [-0.3, -0.25) is 0 Å². The average molecular weight is 296 g/mol. The van der Waals surface area contributed by atoms with Crippen molar-refractivity contribution in [1.82, 2.24) is 10.2 Å². The molecule has 0 aromatic rings. The van der Waals surface area contributed by atoms with E-state index < -0.39 is 24.2 Å². The van der Waals surface area contributed by atoms with Gasteiger partial charge >= 0.3 is 6.18 Å². The summed E-state index contributed by atoms with van der Waals surface area (Å²) in [5.41, 5.74) is -0.711. The molecule has 0 aromatic carbocycles. The molecule has 0 unspecified atom stereocenters. The molecule has 114 valence electrons. The average Bonchev–Trinajstić information content (AvgIpc) is 2.32. The van der Waals surface area contributed by atoms with Crippen LogP contribution in [-0.2, 0) is 0 Å². The number of hydrogen-bond acceptors (Lipinski definition) is 2. The predicted octanol–water partition coefficient (Wildman–Crippen LogP) is 2.94. The summed E-state index contributed by atoms with van der Waals surface area (Å²) in [6.45, 7) is 1.93. The SMILES string of the molecule is C[C@@H]1CC(F)(F)CN[C@@H]1CN1C=C(C(F)(F)F)C=CC1. The number of hydrogen-bond donors (Lipinski definition) is 1. The van der Waals surface area contributed by atoms with E-state index in [1.807, 2.05) is 0 Å². The van der Waals surface area contributed by atoms with Gasteiger partial charge in [-0.25, -0.2) is 8.78 Å². The molecular formula is C13H17F5N2. The second kappa shape index (κ2) is 5.35. The van der Waals surface area contributed by atoms with Gasteiger partial charge in [-0.2, -0.15) is 13.2 Å². The van der Waals surface area contributed by atoms with Crippen LogP contribution in [-0.4, -0.2) is 42.7 Å². The normalized spacial score (nSPS) is 30.3. The predicted molar refractivity (Wildman–Crippen MR) is 65.4 cm³/mol. The summed E-state index contributed by atoms with van der Waals surface area (Å²) in [7, 11) is 0. The molecule has 0 aromatic heterocycles. The Morgan fingerprint density at radius 1 is 1.40 bits per heavy atom. The Kier molecular flexibility index (Phi) is 4.09. The lowest BCUT2D eigenvalue weighted by Gasteiger charge is -2.38. The largest absolute Gasteiger partial charge is 0.417 e. The third-order valence-electron chi connectivity index (χ3n) is 3.65. The summed E-state index contributed by atoms with van der Waals surface area (Å²) in [6, 6.07) is -0.230. The van der Waals surface area contributed by atoms with Gasteiger partial charge in [0.1, 0.15) is 0 Å². The molecule has 20 heavy (non-hydrogen) atoms. The van der Waals surface area contributed by atoms with Gasteiger partial charge in [-0.05, 0) is 5.92 Å². The molecule has 0 saturated carbocycles. The summed E-state index contributed by atoms with van der Waals surface area (Å²) in [4.78, 5) is 1.51. The maximum absolute atomic E-state index is 13.2. The monoisotopic (exact) mass is 296 g/mol. The Morgan fingerprint density at radius 2 is 2.10 bits per heavy atom. The molecule has 0 bridgehead atoms. The second-order valence-electron chi connectivity index (χ2n) is 5.46.